The minimum atomic E-state index is -0.505. The number of hydrogen-bond donors (Lipinski definition) is 0. The lowest BCUT2D eigenvalue weighted by Crippen LogP contribution is -2.24. The first-order valence-corrected chi connectivity index (χ1v) is 7.47. The van der Waals surface area contributed by atoms with Crippen LogP contribution < -0.4 is 0 Å². The number of ether oxygens (including phenoxy) is 1. The molecule has 4 nitrogen and oxygen atoms in total. The summed E-state index contributed by atoms with van der Waals surface area (Å²) in [4.78, 5) is 16.2. The Hall–Kier alpha value is -1.49. The van der Waals surface area contributed by atoms with E-state index in [0.717, 1.165) is 16.8 Å². The van der Waals surface area contributed by atoms with Gasteiger partial charge in [0.15, 0.2) is 0 Å². The summed E-state index contributed by atoms with van der Waals surface area (Å²) in [6.07, 6.45) is 5.76. The van der Waals surface area contributed by atoms with Crippen molar-refractivity contribution in [1.82, 2.24) is 9.55 Å². The van der Waals surface area contributed by atoms with Crippen LogP contribution >= 0.6 is 11.8 Å². The molecule has 0 saturated carbocycles. The normalized spacial score (nSPS) is 11.8. The minimum absolute atomic E-state index is 0.350. The van der Waals surface area contributed by atoms with Gasteiger partial charge in [-0.05, 0) is 39.2 Å². The highest BCUT2D eigenvalue weighted by atomic mass is 32.2. The maximum Gasteiger partial charge on any atom is 0.357 e. The van der Waals surface area contributed by atoms with Crippen molar-refractivity contribution in [2.24, 2.45) is 0 Å². The van der Waals surface area contributed by atoms with Crippen LogP contribution in [0.4, 0.5) is 0 Å². The van der Waals surface area contributed by atoms with E-state index in [2.05, 4.69) is 9.55 Å². The first-order chi connectivity index (χ1) is 8.90. The van der Waals surface area contributed by atoms with E-state index in [1.54, 1.807) is 24.0 Å². The van der Waals surface area contributed by atoms with Gasteiger partial charge < -0.3 is 9.30 Å². The van der Waals surface area contributed by atoms with Gasteiger partial charge in [-0.3, -0.25) is 0 Å². The van der Waals surface area contributed by atoms with Gasteiger partial charge in [-0.25, -0.2) is 9.78 Å². The molecule has 0 aliphatic rings. The fraction of sp³-hybridized carbons (Fsp3) is 0.429. The lowest BCUT2D eigenvalue weighted by Gasteiger charge is -2.19. The zero-order valence-corrected chi connectivity index (χ0v) is 12.5. The summed E-state index contributed by atoms with van der Waals surface area (Å²) in [6.45, 7) is 5.54. The Bertz CT molecular complexity index is 599. The molecule has 0 radical (unpaired) electrons. The molecule has 2 heterocycles. The van der Waals surface area contributed by atoms with E-state index in [1.165, 1.54) is 0 Å². The summed E-state index contributed by atoms with van der Waals surface area (Å²) in [6, 6.07) is 3.79. The number of hydrogen-bond acceptors (Lipinski definition) is 4. The molecule has 0 aliphatic carbocycles. The van der Waals surface area contributed by atoms with E-state index in [4.69, 9.17) is 4.74 Å². The predicted octanol–water partition coefficient (Wildman–Crippen LogP) is 3.31. The van der Waals surface area contributed by atoms with Crippen molar-refractivity contribution in [2.75, 3.05) is 6.26 Å². The first kappa shape index (κ1) is 13.9. The van der Waals surface area contributed by atoms with Crippen molar-refractivity contribution in [3.63, 3.8) is 0 Å². The smallest absolute Gasteiger partial charge is 0.357 e. The van der Waals surface area contributed by atoms with Gasteiger partial charge in [-0.1, -0.05) is 0 Å². The van der Waals surface area contributed by atoms with Gasteiger partial charge in [-0.15, -0.1) is 11.8 Å². The molecule has 0 N–H and O–H groups in total. The summed E-state index contributed by atoms with van der Waals surface area (Å²) in [5.74, 6) is 0.465. The molecule has 5 heteroatoms. The maximum atomic E-state index is 12.0. The average Bonchev–Trinajstić information content (AvgIpc) is 2.70. The summed E-state index contributed by atoms with van der Waals surface area (Å²) in [7, 11) is 0. The molecule has 0 aromatic carbocycles. The van der Waals surface area contributed by atoms with Crippen LogP contribution in [0.2, 0.25) is 0 Å². The molecule has 102 valence electrons. The third kappa shape index (κ3) is 3.29. The summed E-state index contributed by atoms with van der Waals surface area (Å²) in [5.41, 5.74) is 0.850. The molecule has 19 heavy (non-hydrogen) atoms. The van der Waals surface area contributed by atoms with Crippen LogP contribution in [0.5, 0.6) is 0 Å². The number of nitrogens with zero attached hydrogens (tertiary/aromatic N) is 2. The molecule has 0 unspecified atom stereocenters. The number of aromatic nitrogens is 2. The molecular weight excluding hydrogens is 260 g/mol. The van der Waals surface area contributed by atoms with Crippen LogP contribution in [-0.4, -0.2) is 27.4 Å². The number of pyridine rings is 1. The van der Waals surface area contributed by atoms with Gasteiger partial charge in [0.05, 0.1) is 11.4 Å². The number of fused-ring (bicyclic) bond motifs is 1. The van der Waals surface area contributed by atoms with E-state index in [9.17, 15) is 4.79 Å². The Kier molecular flexibility index (Phi) is 3.85. The third-order valence-corrected chi connectivity index (χ3v) is 3.07. The monoisotopic (exact) mass is 278 g/mol. The molecule has 2 aromatic rings. The molecule has 0 atom stereocenters. The van der Waals surface area contributed by atoms with Crippen LogP contribution in [0.3, 0.4) is 0 Å². The molecule has 0 saturated heterocycles. The topological polar surface area (TPSA) is 44.1 Å². The molecule has 2 rings (SSSR count). The van der Waals surface area contributed by atoms with Gasteiger partial charge in [0.2, 0.25) is 0 Å². The number of carbonyl (C=O) groups excluding carboxylic acids is 1. The summed E-state index contributed by atoms with van der Waals surface area (Å²) >= 11 is 1.72. The lowest BCUT2D eigenvalue weighted by molar-refractivity contribution is 0.00631. The van der Waals surface area contributed by atoms with Gasteiger partial charge in [0.25, 0.3) is 0 Å². The molecule has 2 aromatic heterocycles. The predicted molar refractivity (Wildman–Crippen MR) is 78.4 cm³/mol. The maximum absolute atomic E-state index is 12.0. The molecule has 0 bridgehead atoms. The van der Waals surface area contributed by atoms with Crippen LogP contribution in [0, 0.1) is 0 Å². The number of thioether (sulfide) groups is 1. The van der Waals surface area contributed by atoms with E-state index in [1.807, 2.05) is 39.3 Å². The molecule has 0 spiro atoms. The van der Waals surface area contributed by atoms with E-state index in [0.29, 0.717) is 5.69 Å². The van der Waals surface area contributed by atoms with Crippen molar-refractivity contribution >= 4 is 28.6 Å². The first-order valence-electron chi connectivity index (χ1n) is 6.08. The highest BCUT2D eigenvalue weighted by molar-refractivity contribution is 7.97. The molecule has 0 fully saturated rings. The zero-order chi connectivity index (χ0) is 14.0. The lowest BCUT2D eigenvalue weighted by atomic mass is 10.2. The van der Waals surface area contributed by atoms with Gasteiger partial charge in [0, 0.05) is 17.8 Å². The summed E-state index contributed by atoms with van der Waals surface area (Å²) < 4.78 is 7.43. The Labute approximate surface area is 117 Å². The second-order valence-corrected chi connectivity index (χ2v) is 6.17. The quantitative estimate of drug-likeness (QED) is 0.808. The third-order valence-electron chi connectivity index (χ3n) is 2.53. The largest absolute Gasteiger partial charge is 0.455 e. The van der Waals surface area contributed by atoms with Crippen molar-refractivity contribution in [1.29, 1.82) is 0 Å². The van der Waals surface area contributed by atoms with Crippen molar-refractivity contribution in [2.45, 2.75) is 32.2 Å². The standard InChI is InChI=1S/C14H18N2O2S/c1-14(2,3)18-13(17)11-7-12-10(8-15-11)5-6-16(12)9-19-4/h5-8H,9H2,1-4H3. The second kappa shape index (κ2) is 5.25. The van der Waals surface area contributed by atoms with Crippen LogP contribution in [-0.2, 0) is 10.6 Å². The van der Waals surface area contributed by atoms with E-state index < -0.39 is 5.60 Å². The Morgan fingerprint density at radius 3 is 2.84 bits per heavy atom. The second-order valence-electron chi connectivity index (χ2n) is 5.33. The summed E-state index contributed by atoms with van der Waals surface area (Å²) in [5, 5.41) is 1.03. The SMILES string of the molecule is CSCn1ccc2cnc(C(=O)OC(C)(C)C)cc21. The van der Waals surface area contributed by atoms with Gasteiger partial charge in [-0.2, -0.15) is 0 Å². The van der Waals surface area contributed by atoms with Crippen LogP contribution in [0.25, 0.3) is 10.9 Å². The number of esters is 1. The molecule has 0 aliphatic heterocycles. The Balaban J connectivity index is 2.34. The van der Waals surface area contributed by atoms with Crippen LogP contribution in [0.15, 0.2) is 24.5 Å². The fourth-order valence-electron chi connectivity index (χ4n) is 1.78. The van der Waals surface area contributed by atoms with Crippen molar-refractivity contribution < 1.29 is 9.53 Å². The molecular formula is C14H18N2O2S. The average molecular weight is 278 g/mol. The van der Waals surface area contributed by atoms with E-state index >= 15 is 0 Å². The van der Waals surface area contributed by atoms with Crippen molar-refractivity contribution in [3.8, 4) is 0 Å². The number of rotatable bonds is 3. The highest BCUT2D eigenvalue weighted by Gasteiger charge is 2.19. The number of carbonyl (C=O) groups is 1. The molecule has 0 amide bonds. The zero-order valence-electron chi connectivity index (χ0n) is 11.6. The fourth-order valence-corrected chi connectivity index (χ4v) is 2.28. The van der Waals surface area contributed by atoms with E-state index in [-0.39, 0.29) is 5.97 Å². The Morgan fingerprint density at radius 1 is 1.47 bits per heavy atom. The minimum Gasteiger partial charge on any atom is -0.455 e. The van der Waals surface area contributed by atoms with Crippen molar-refractivity contribution in [3.05, 3.63) is 30.2 Å². The highest BCUT2D eigenvalue weighted by Crippen LogP contribution is 2.19. The Morgan fingerprint density at radius 2 is 2.21 bits per heavy atom. The van der Waals surface area contributed by atoms with Gasteiger partial charge >= 0.3 is 5.97 Å². The van der Waals surface area contributed by atoms with Crippen LogP contribution in [0.1, 0.15) is 31.3 Å². The van der Waals surface area contributed by atoms with Gasteiger partial charge in [0.1, 0.15) is 11.3 Å².